The number of hydrogen-bond donors (Lipinski definition) is 2. The normalized spacial score (nSPS) is 16.2. The summed E-state index contributed by atoms with van der Waals surface area (Å²) >= 11 is 0. The smallest absolute Gasteiger partial charge is 0.241 e. The van der Waals surface area contributed by atoms with Gasteiger partial charge in [-0.3, -0.25) is 15.6 Å². The van der Waals surface area contributed by atoms with E-state index in [9.17, 15) is 4.79 Å². The van der Waals surface area contributed by atoms with Crippen LogP contribution in [0.1, 0.15) is 18.4 Å². The molecule has 0 saturated heterocycles. The van der Waals surface area contributed by atoms with Gasteiger partial charge in [-0.1, -0.05) is 6.58 Å². The molecule has 5 heteroatoms. The first-order chi connectivity index (χ1) is 8.74. The van der Waals surface area contributed by atoms with E-state index in [0.717, 1.165) is 24.2 Å². The third-order valence-corrected chi connectivity index (χ3v) is 3.01. The maximum Gasteiger partial charge on any atom is 0.241 e. The van der Waals surface area contributed by atoms with Crippen LogP contribution in [0.15, 0.2) is 24.8 Å². The number of hydrogen-bond acceptors (Lipinski definition) is 4. The van der Waals surface area contributed by atoms with Gasteiger partial charge in [-0.15, -0.1) is 0 Å². The lowest BCUT2D eigenvalue weighted by atomic mass is 10.1. The maximum atomic E-state index is 11.5. The first-order valence-corrected chi connectivity index (χ1v) is 5.89. The fourth-order valence-electron chi connectivity index (χ4n) is 1.74. The Kier molecular flexibility index (Phi) is 2.59. The minimum atomic E-state index is 0.0249. The highest BCUT2D eigenvalue weighted by Gasteiger charge is 2.29. The van der Waals surface area contributed by atoms with Crippen molar-refractivity contribution in [2.45, 2.75) is 12.8 Å². The fraction of sp³-hybridized carbons (Fsp3) is 0.308. The summed E-state index contributed by atoms with van der Waals surface area (Å²) in [5, 5.41) is 0. The van der Waals surface area contributed by atoms with Crippen LogP contribution in [0.2, 0.25) is 0 Å². The molecule has 1 aliphatic heterocycles. The van der Waals surface area contributed by atoms with E-state index in [1.165, 1.54) is 0 Å². The Morgan fingerprint density at radius 1 is 1.22 bits per heavy atom. The molecular formula is C13H14N2O3. The Bertz CT molecular complexity index is 509. The number of rotatable bonds is 4. The van der Waals surface area contributed by atoms with Gasteiger partial charge in [-0.05, 0) is 31.0 Å². The summed E-state index contributed by atoms with van der Waals surface area (Å²) in [6.07, 6.45) is 1.95. The monoisotopic (exact) mass is 246 g/mol. The molecule has 0 radical (unpaired) electrons. The van der Waals surface area contributed by atoms with Gasteiger partial charge in [0.05, 0.1) is 5.70 Å². The van der Waals surface area contributed by atoms with Crippen LogP contribution in [0.5, 0.6) is 11.5 Å². The van der Waals surface area contributed by atoms with Gasteiger partial charge in [0.15, 0.2) is 11.5 Å². The molecular weight excluding hydrogens is 232 g/mol. The highest BCUT2D eigenvalue weighted by molar-refractivity contribution is 5.81. The molecule has 5 nitrogen and oxygen atoms in total. The zero-order valence-electron chi connectivity index (χ0n) is 9.86. The Hall–Kier alpha value is -2.17. The third kappa shape index (κ3) is 2.11. The summed E-state index contributed by atoms with van der Waals surface area (Å²) < 4.78 is 10.5. The molecule has 0 spiro atoms. The van der Waals surface area contributed by atoms with Crippen molar-refractivity contribution in [3.63, 3.8) is 0 Å². The SMILES string of the molecule is C=C(NNC(=O)C1CC1)c1ccc2c(c1)OCO2. The maximum absolute atomic E-state index is 11.5. The molecule has 0 atom stereocenters. The van der Waals surface area contributed by atoms with E-state index in [-0.39, 0.29) is 18.6 Å². The largest absolute Gasteiger partial charge is 0.454 e. The number of carbonyl (C=O) groups is 1. The van der Waals surface area contributed by atoms with E-state index in [1.807, 2.05) is 18.2 Å². The lowest BCUT2D eigenvalue weighted by Gasteiger charge is -2.11. The van der Waals surface area contributed by atoms with Gasteiger partial charge in [-0.25, -0.2) is 0 Å². The number of hydrazine groups is 1. The van der Waals surface area contributed by atoms with Crippen LogP contribution in [0, 0.1) is 5.92 Å². The van der Waals surface area contributed by atoms with E-state index in [4.69, 9.17) is 9.47 Å². The molecule has 0 bridgehead atoms. The van der Waals surface area contributed by atoms with Crippen LogP contribution in [0.25, 0.3) is 5.70 Å². The minimum Gasteiger partial charge on any atom is -0.454 e. The molecule has 1 aromatic rings. The molecule has 18 heavy (non-hydrogen) atoms. The molecule has 2 N–H and O–H groups in total. The Morgan fingerprint density at radius 2 is 2.00 bits per heavy atom. The summed E-state index contributed by atoms with van der Waals surface area (Å²) in [5.41, 5.74) is 6.95. The topological polar surface area (TPSA) is 59.6 Å². The lowest BCUT2D eigenvalue weighted by molar-refractivity contribution is -0.122. The van der Waals surface area contributed by atoms with Crippen molar-refractivity contribution in [3.05, 3.63) is 30.3 Å². The van der Waals surface area contributed by atoms with Crippen molar-refractivity contribution in [2.75, 3.05) is 6.79 Å². The highest BCUT2D eigenvalue weighted by Crippen LogP contribution is 2.33. The van der Waals surface area contributed by atoms with E-state index in [2.05, 4.69) is 17.4 Å². The molecule has 1 heterocycles. The first-order valence-electron chi connectivity index (χ1n) is 5.89. The van der Waals surface area contributed by atoms with Gasteiger partial charge < -0.3 is 9.47 Å². The van der Waals surface area contributed by atoms with Gasteiger partial charge in [0.2, 0.25) is 12.7 Å². The quantitative estimate of drug-likeness (QED) is 0.789. The molecule has 0 unspecified atom stereocenters. The second kappa shape index (κ2) is 4.25. The van der Waals surface area contributed by atoms with Gasteiger partial charge in [0.25, 0.3) is 0 Å². The van der Waals surface area contributed by atoms with Crippen LogP contribution in [-0.2, 0) is 4.79 Å². The molecule has 3 rings (SSSR count). The molecule has 1 fully saturated rings. The van der Waals surface area contributed by atoms with Crippen molar-refractivity contribution in [3.8, 4) is 11.5 Å². The minimum absolute atomic E-state index is 0.0249. The summed E-state index contributed by atoms with van der Waals surface area (Å²) in [5.74, 6) is 1.62. The van der Waals surface area contributed by atoms with E-state index in [0.29, 0.717) is 11.4 Å². The van der Waals surface area contributed by atoms with Crippen LogP contribution in [-0.4, -0.2) is 12.7 Å². The number of fused-ring (bicyclic) bond motifs is 1. The van der Waals surface area contributed by atoms with Gasteiger partial charge >= 0.3 is 0 Å². The van der Waals surface area contributed by atoms with Crippen LogP contribution >= 0.6 is 0 Å². The van der Waals surface area contributed by atoms with Crippen molar-refractivity contribution < 1.29 is 14.3 Å². The van der Waals surface area contributed by atoms with Crippen molar-refractivity contribution in [1.82, 2.24) is 10.9 Å². The van der Waals surface area contributed by atoms with Crippen LogP contribution < -0.4 is 20.3 Å². The van der Waals surface area contributed by atoms with Crippen molar-refractivity contribution >= 4 is 11.6 Å². The van der Waals surface area contributed by atoms with Gasteiger partial charge in [0.1, 0.15) is 0 Å². The molecule has 2 aliphatic rings. The van der Waals surface area contributed by atoms with Gasteiger partial charge in [-0.2, -0.15) is 0 Å². The molecule has 1 saturated carbocycles. The number of carbonyl (C=O) groups excluding carboxylic acids is 1. The highest BCUT2D eigenvalue weighted by atomic mass is 16.7. The molecule has 1 aromatic carbocycles. The molecule has 1 aliphatic carbocycles. The summed E-state index contributed by atoms with van der Waals surface area (Å²) in [4.78, 5) is 11.5. The number of nitrogens with one attached hydrogen (secondary N) is 2. The summed E-state index contributed by atoms with van der Waals surface area (Å²) in [6.45, 7) is 4.13. The standard InChI is InChI=1S/C13H14N2O3/c1-8(14-15-13(16)9-2-3-9)10-4-5-11-12(6-10)18-7-17-11/h4-6,9,14H,1-3,7H2,(H,15,16). The average molecular weight is 246 g/mol. The van der Waals surface area contributed by atoms with Crippen LogP contribution in [0.3, 0.4) is 0 Å². The third-order valence-electron chi connectivity index (χ3n) is 3.01. The molecule has 0 aromatic heterocycles. The fourth-order valence-corrected chi connectivity index (χ4v) is 1.74. The van der Waals surface area contributed by atoms with E-state index < -0.39 is 0 Å². The Morgan fingerprint density at radius 3 is 2.78 bits per heavy atom. The Labute approximate surface area is 105 Å². The summed E-state index contributed by atoms with van der Waals surface area (Å²) in [7, 11) is 0. The zero-order valence-corrected chi connectivity index (χ0v) is 9.86. The lowest BCUT2D eigenvalue weighted by Crippen LogP contribution is -2.36. The van der Waals surface area contributed by atoms with Crippen LogP contribution in [0.4, 0.5) is 0 Å². The van der Waals surface area contributed by atoms with E-state index in [1.54, 1.807) is 0 Å². The van der Waals surface area contributed by atoms with E-state index >= 15 is 0 Å². The predicted molar refractivity (Wildman–Crippen MR) is 65.6 cm³/mol. The average Bonchev–Trinajstić information content (AvgIpc) is 3.13. The molecule has 94 valence electrons. The molecule has 1 amide bonds. The zero-order chi connectivity index (χ0) is 12.5. The first kappa shape index (κ1) is 11.0. The number of ether oxygens (including phenoxy) is 2. The van der Waals surface area contributed by atoms with Gasteiger partial charge in [0, 0.05) is 11.5 Å². The second-order valence-electron chi connectivity index (χ2n) is 4.44. The number of benzene rings is 1. The Balaban J connectivity index is 1.63. The predicted octanol–water partition coefficient (Wildman–Crippen LogP) is 1.42. The number of amides is 1. The summed E-state index contributed by atoms with van der Waals surface area (Å²) in [6, 6.07) is 5.53. The van der Waals surface area contributed by atoms with Crippen molar-refractivity contribution in [2.24, 2.45) is 5.92 Å². The second-order valence-corrected chi connectivity index (χ2v) is 4.44. The van der Waals surface area contributed by atoms with Crippen molar-refractivity contribution in [1.29, 1.82) is 0 Å².